The monoisotopic (exact) mass is 327 g/mol. The molecule has 0 spiro atoms. The second-order valence-corrected chi connectivity index (χ2v) is 4.63. The fraction of sp³-hybridized carbons (Fsp3) is 0.118. The van der Waals surface area contributed by atoms with Gasteiger partial charge in [0, 0.05) is 0 Å². The summed E-state index contributed by atoms with van der Waals surface area (Å²) in [6, 6.07) is 10.5. The van der Waals surface area contributed by atoms with Crippen molar-refractivity contribution in [2.24, 2.45) is 5.10 Å². The van der Waals surface area contributed by atoms with Crippen LogP contribution in [0.2, 0.25) is 0 Å². The number of hydrogen-bond acceptors (Lipinski definition) is 5. The highest BCUT2D eigenvalue weighted by Crippen LogP contribution is 2.10. The highest BCUT2D eigenvalue weighted by Gasteiger charge is 2.12. The van der Waals surface area contributed by atoms with E-state index < -0.39 is 11.8 Å². The first-order chi connectivity index (χ1) is 11.7. The lowest BCUT2D eigenvalue weighted by atomic mass is 10.2. The van der Waals surface area contributed by atoms with Crippen LogP contribution in [0.15, 0.2) is 64.8 Å². The Hall–Kier alpha value is -3.35. The van der Waals surface area contributed by atoms with Crippen LogP contribution in [0.25, 0.3) is 0 Å². The maximum Gasteiger partial charge on any atom is 0.329 e. The predicted molar refractivity (Wildman–Crippen MR) is 88.4 cm³/mol. The van der Waals surface area contributed by atoms with E-state index in [0.29, 0.717) is 18.1 Å². The van der Waals surface area contributed by atoms with Crippen LogP contribution < -0.4 is 15.5 Å². The lowest BCUT2D eigenvalue weighted by Crippen LogP contribution is -2.37. The van der Waals surface area contributed by atoms with Gasteiger partial charge in [0.25, 0.3) is 0 Å². The molecule has 124 valence electrons. The minimum atomic E-state index is -0.858. The molecule has 0 saturated heterocycles. The Labute approximate surface area is 139 Å². The molecule has 1 aromatic carbocycles. The average molecular weight is 327 g/mol. The Morgan fingerprint density at radius 1 is 1.21 bits per heavy atom. The van der Waals surface area contributed by atoms with Crippen LogP contribution in [0.5, 0.6) is 5.75 Å². The maximum atomic E-state index is 11.6. The summed E-state index contributed by atoms with van der Waals surface area (Å²) < 4.78 is 10.4. The number of hydrogen-bond donors (Lipinski definition) is 2. The standard InChI is InChI=1S/C17H17N3O4/c1-2-9-23-14-7-5-13(6-8-14)11-19-20-17(22)16(21)18-12-15-4-3-10-24-15/h2-8,10-11H,1,9,12H2,(H,18,21)(H,20,22)/b19-11-. The van der Waals surface area contributed by atoms with Gasteiger partial charge in [-0.1, -0.05) is 12.7 Å². The first-order valence-electron chi connectivity index (χ1n) is 7.16. The molecule has 0 aliphatic heterocycles. The van der Waals surface area contributed by atoms with Gasteiger partial charge in [-0.25, -0.2) is 5.43 Å². The van der Waals surface area contributed by atoms with Gasteiger partial charge in [-0.05, 0) is 42.0 Å². The van der Waals surface area contributed by atoms with E-state index >= 15 is 0 Å². The van der Waals surface area contributed by atoms with E-state index in [4.69, 9.17) is 9.15 Å². The fourth-order valence-corrected chi connectivity index (χ4v) is 1.68. The van der Waals surface area contributed by atoms with Crippen molar-refractivity contribution < 1.29 is 18.7 Å². The van der Waals surface area contributed by atoms with Crippen LogP contribution in [0.3, 0.4) is 0 Å². The highest BCUT2D eigenvalue weighted by molar-refractivity contribution is 6.35. The molecular formula is C17H17N3O4. The molecule has 7 nitrogen and oxygen atoms in total. The van der Waals surface area contributed by atoms with Gasteiger partial charge in [-0.3, -0.25) is 9.59 Å². The summed E-state index contributed by atoms with van der Waals surface area (Å²) in [5.41, 5.74) is 2.90. The molecule has 2 amide bonds. The number of hydrazone groups is 1. The predicted octanol–water partition coefficient (Wildman–Crippen LogP) is 1.61. The molecule has 0 aliphatic rings. The summed E-state index contributed by atoms with van der Waals surface area (Å²) in [6.07, 6.45) is 4.57. The van der Waals surface area contributed by atoms with E-state index in [1.807, 2.05) is 0 Å². The zero-order valence-electron chi connectivity index (χ0n) is 12.9. The molecule has 7 heteroatoms. The molecule has 24 heavy (non-hydrogen) atoms. The smallest absolute Gasteiger partial charge is 0.329 e. The molecule has 2 aromatic rings. The Balaban J connectivity index is 1.76. The van der Waals surface area contributed by atoms with Crippen LogP contribution in [0, 0.1) is 0 Å². The van der Waals surface area contributed by atoms with Gasteiger partial charge in [0.2, 0.25) is 0 Å². The molecule has 0 radical (unpaired) electrons. The number of furan rings is 1. The van der Waals surface area contributed by atoms with Gasteiger partial charge in [0.1, 0.15) is 18.1 Å². The average Bonchev–Trinajstić information content (AvgIpc) is 3.12. The third-order valence-electron chi connectivity index (χ3n) is 2.84. The zero-order chi connectivity index (χ0) is 17.2. The molecule has 2 rings (SSSR count). The third-order valence-corrected chi connectivity index (χ3v) is 2.84. The van der Waals surface area contributed by atoms with Crippen LogP contribution >= 0.6 is 0 Å². The largest absolute Gasteiger partial charge is 0.490 e. The van der Waals surface area contributed by atoms with E-state index in [2.05, 4.69) is 22.4 Å². The SMILES string of the molecule is C=CCOc1ccc(/C=N\NC(=O)C(=O)NCc2ccco2)cc1. The van der Waals surface area contributed by atoms with Gasteiger partial charge < -0.3 is 14.5 Å². The van der Waals surface area contributed by atoms with Crippen molar-refractivity contribution in [3.63, 3.8) is 0 Å². The van der Waals surface area contributed by atoms with Crippen LogP contribution in [-0.4, -0.2) is 24.6 Å². The third kappa shape index (κ3) is 5.45. The molecule has 0 bridgehead atoms. The molecule has 2 N–H and O–H groups in total. The van der Waals surface area contributed by atoms with Gasteiger partial charge in [0.05, 0.1) is 19.0 Å². The molecule has 1 aromatic heterocycles. The maximum absolute atomic E-state index is 11.6. The number of benzene rings is 1. The van der Waals surface area contributed by atoms with E-state index in [1.165, 1.54) is 12.5 Å². The van der Waals surface area contributed by atoms with Crippen molar-refractivity contribution >= 4 is 18.0 Å². The normalized spacial score (nSPS) is 10.3. The Morgan fingerprint density at radius 2 is 2.00 bits per heavy atom. The lowest BCUT2D eigenvalue weighted by molar-refractivity contribution is -0.139. The van der Waals surface area contributed by atoms with Crippen molar-refractivity contribution in [3.05, 3.63) is 66.6 Å². The van der Waals surface area contributed by atoms with Crippen molar-refractivity contribution in [1.82, 2.24) is 10.7 Å². The minimum absolute atomic E-state index is 0.134. The van der Waals surface area contributed by atoms with Crippen LogP contribution in [-0.2, 0) is 16.1 Å². The van der Waals surface area contributed by atoms with Gasteiger partial charge in [-0.15, -0.1) is 0 Å². The fourth-order valence-electron chi connectivity index (χ4n) is 1.68. The zero-order valence-corrected chi connectivity index (χ0v) is 12.9. The Morgan fingerprint density at radius 3 is 2.67 bits per heavy atom. The molecule has 0 atom stereocenters. The van der Waals surface area contributed by atoms with Crippen molar-refractivity contribution in [1.29, 1.82) is 0 Å². The second-order valence-electron chi connectivity index (χ2n) is 4.63. The summed E-state index contributed by atoms with van der Waals surface area (Å²) in [5.74, 6) is -0.396. The van der Waals surface area contributed by atoms with Gasteiger partial charge in [0.15, 0.2) is 0 Å². The quantitative estimate of drug-likeness (QED) is 0.350. The second kappa shape index (κ2) is 8.94. The van der Waals surface area contributed by atoms with E-state index in [-0.39, 0.29) is 6.54 Å². The van der Waals surface area contributed by atoms with Crippen LogP contribution in [0.4, 0.5) is 0 Å². The molecule has 0 fully saturated rings. The molecule has 0 unspecified atom stereocenters. The summed E-state index contributed by atoms with van der Waals surface area (Å²) in [7, 11) is 0. The molecule has 0 saturated carbocycles. The molecule has 0 aliphatic carbocycles. The minimum Gasteiger partial charge on any atom is -0.490 e. The topological polar surface area (TPSA) is 92.9 Å². The summed E-state index contributed by atoms with van der Waals surface area (Å²) >= 11 is 0. The highest BCUT2D eigenvalue weighted by atomic mass is 16.5. The number of nitrogens with zero attached hydrogens (tertiary/aromatic N) is 1. The van der Waals surface area contributed by atoms with Crippen molar-refractivity contribution in [3.8, 4) is 5.75 Å². The first-order valence-corrected chi connectivity index (χ1v) is 7.16. The van der Waals surface area contributed by atoms with Crippen molar-refractivity contribution in [2.45, 2.75) is 6.54 Å². The number of amides is 2. The lowest BCUT2D eigenvalue weighted by Gasteiger charge is -2.03. The van der Waals surface area contributed by atoms with Gasteiger partial charge in [-0.2, -0.15) is 5.10 Å². The van der Waals surface area contributed by atoms with Crippen LogP contribution in [0.1, 0.15) is 11.3 Å². The van der Waals surface area contributed by atoms with E-state index in [1.54, 1.807) is 42.5 Å². The van der Waals surface area contributed by atoms with E-state index in [0.717, 1.165) is 5.56 Å². The number of carbonyl (C=O) groups excluding carboxylic acids is 2. The number of carbonyl (C=O) groups is 2. The Bertz CT molecular complexity index is 706. The summed E-state index contributed by atoms with van der Waals surface area (Å²) in [5, 5.41) is 6.15. The molecular weight excluding hydrogens is 310 g/mol. The van der Waals surface area contributed by atoms with Gasteiger partial charge >= 0.3 is 11.8 Å². The summed E-state index contributed by atoms with van der Waals surface area (Å²) in [4.78, 5) is 23.1. The molecule has 1 heterocycles. The first kappa shape index (κ1) is 17.0. The Kier molecular flexibility index (Phi) is 6.34. The van der Waals surface area contributed by atoms with Crippen molar-refractivity contribution in [2.75, 3.05) is 6.61 Å². The number of nitrogens with one attached hydrogen (secondary N) is 2. The number of ether oxygens (including phenoxy) is 1. The summed E-state index contributed by atoms with van der Waals surface area (Å²) in [6.45, 7) is 4.13. The van der Waals surface area contributed by atoms with E-state index in [9.17, 15) is 9.59 Å². The number of rotatable bonds is 7.